The Labute approximate surface area is 167 Å². The number of nitrogens with zero attached hydrogens (tertiary/aromatic N) is 5. The zero-order valence-corrected chi connectivity index (χ0v) is 16.7. The molecule has 1 fully saturated rings. The number of halogens is 1. The van der Waals surface area contributed by atoms with E-state index in [0.717, 1.165) is 5.56 Å². The summed E-state index contributed by atoms with van der Waals surface area (Å²) in [5.41, 5.74) is 1.46. The standard InChI is InChI=1S/C18H18ClN5O3S/c1-28(25,26)24-10-8-23(9-11-24)17-15(6-3-7-20-17)18-21-16(22-27-18)13-4-2-5-14(19)12-13/h2-7,12H,8-11H2,1H3. The van der Waals surface area contributed by atoms with Gasteiger partial charge >= 0.3 is 0 Å². The van der Waals surface area contributed by atoms with Gasteiger partial charge in [0.05, 0.1) is 11.8 Å². The summed E-state index contributed by atoms with van der Waals surface area (Å²) in [6, 6.07) is 10.9. The van der Waals surface area contributed by atoms with Crippen molar-refractivity contribution in [2.75, 3.05) is 37.3 Å². The number of benzene rings is 1. The molecule has 1 aliphatic rings. The van der Waals surface area contributed by atoms with Crippen LogP contribution in [0.25, 0.3) is 22.8 Å². The maximum Gasteiger partial charge on any atom is 0.261 e. The summed E-state index contributed by atoms with van der Waals surface area (Å²) in [6.45, 7) is 1.89. The van der Waals surface area contributed by atoms with Crippen molar-refractivity contribution in [2.45, 2.75) is 0 Å². The van der Waals surface area contributed by atoms with Crippen LogP contribution in [0.5, 0.6) is 0 Å². The highest BCUT2D eigenvalue weighted by atomic mass is 35.5. The number of aromatic nitrogens is 3. The normalized spacial score (nSPS) is 15.7. The van der Waals surface area contributed by atoms with Crippen molar-refractivity contribution in [2.24, 2.45) is 0 Å². The predicted octanol–water partition coefficient (Wildman–Crippen LogP) is 2.53. The van der Waals surface area contributed by atoms with Crippen LogP contribution >= 0.6 is 11.6 Å². The highest BCUT2D eigenvalue weighted by molar-refractivity contribution is 7.88. The number of rotatable bonds is 4. The number of hydrogen-bond donors (Lipinski definition) is 0. The number of pyridine rings is 1. The van der Waals surface area contributed by atoms with Gasteiger partial charge in [-0.2, -0.15) is 9.29 Å². The molecule has 3 heterocycles. The molecule has 0 radical (unpaired) electrons. The minimum Gasteiger partial charge on any atom is -0.353 e. The molecule has 1 saturated heterocycles. The Morgan fingerprint density at radius 2 is 1.89 bits per heavy atom. The van der Waals surface area contributed by atoms with Crippen molar-refractivity contribution in [3.05, 3.63) is 47.6 Å². The lowest BCUT2D eigenvalue weighted by molar-refractivity contribution is 0.386. The van der Waals surface area contributed by atoms with Crippen molar-refractivity contribution in [3.8, 4) is 22.8 Å². The summed E-state index contributed by atoms with van der Waals surface area (Å²) in [5, 5.41) is 4.65. The van der Waals surface area contributed by atoms with E-state index in [1.165, 1.54) is 10.6 Å². The van der Waals surface area contributed by atoms with E-state index in [1.54, 1.807) is 24.4 Å². The van der Waals surface area contributed by atoms with E-state index >= 15 is 0 Å². The van der Waals surface area contributed by atoms with E-state index in [-0.39, 0.29) is 0 Å². The van der Waals surface area contributed by atoms with Crippen molar-refractivity contribution in [1.82, 2.24) is 19.4 Å². The number of anilines is 1. The second-order valence-corrected chi connectivity index (χ2v) is 8.88. The average Bonchev–Trinajstić information content (AvgIpc) is 3.18. The number of piperazine rings is 1. The van der Waals surface area contributed by atoms with Crippen molar-refractivity contribution < 1.29 is 12.9 Å². The van der Waals surface area contributed by atoms with Crippen LogP contribution in [0, 0.1) is 0 Å². The molecule has 0 amide bonds. The summed E-state index contributed by atoms with van der Waals surface area (Å²) in [5.74, 6) is 1.48. The molecule has 8 nitrogen and oxygen atoms in total. The SMILES string of the molecule is CS(=O)(=O)N1CCN(c2ncccc2-c2nc(-c3cccc(Cl)c3)no2)CC1. The zero-order chi connectivity index (χ0) is 19.7. The van der Waals surface area contributed by atoms with Gasteiger partial charge in [-0.15, -0.1) is 0 Å². The van der Waals surface area contributed by atoms with E-state index in [2.05, 4.69) is 15.1 Å². The Bertz CT molecular complexity index is 1090. The molecular formula is C18H18ClN5O3S. The Hall–Kier alpha value is -2.49. The van der Waals surface area contributed by atoms with Crippen molar-refractivity contribution >= 4 is 27.4 Å². The zero-order valence-electron chi connectivity index (χ0n) is 15.1. The number of sulfonamides is 1. The van der Waals surface area contributed by atoms with E-state index in [0.29, 0.717) is 54.3 Å². The third-order valence-corrected chi connectivity index (χ3v) is 6.07. The molecule has 0 saturated carbocycles. The molecule has 1 aromatic carbocycles. The molecule has 10 heteroatoms. The minimum absolute atomic E-state index is 0.351. The van der Waals surface area contributed by atoms with Gasteiger partial charge in [0, 0.05) is 43.0 Å². The minimum atomic E-state index is -3.19. The van der Waals surface area contributed by atoms with E-state index in [1.807, 2.05) is 23.1 Å². The summed E-state index contributed by atoms with van der Waals surface area (Å²) in [4.78, 5) is 11.0. The Kier molecular flexibility index (Phi) is 5.05. The van der Waals surface area contributed by atoms with E-state index < -0.39 is 10.0 Å². The van der Waals surface area contributed by atoms with Crippen LogP contribution in [-0.2, 0) is 10.0 Å². The lowest BCUT2D eigenvalue weighted by Crippen LogP contribution is -2.48. The van der Waals surface area contributed by atoms with Crippen LogP contribution in [-0.4, -0.2) is 60.3 Å². The van der Waals surface area contributed by atoms with Gasteiger partial charge in [0.1, 0.15) is 5.82 Å². The van der Waals surface area contributed by atoms with E-state index in [4.69, 9.17) is 16.1 Å². The maximum atomic E-state index is 11.7. The Balaban J connectivity index is 1.61. The molecule has 0 N–H and O–H groups in total. The molecule has 1 aliphatic heterocycles. The number of hydrogen-bond acceptors (Lipinski definition) is 7. The second kappa shape index (κ2) is 7.50. The van der Waals surface area contributed by atoms with Crippen LogP contribution < -0.4 is 4.90 Å². The molecule has 0 unspecified atom stereocenters. The molecule has 146 valence electrons. The first kappa shape index (κ1) is 18.9. The van der Waals surface area contributed by atoms with Gasteiger partial charge in [0.15, 0.2) is 0 Å². The van der Waals surface area contributed by atoms with Gasteiger partial charge in [-0.25, -0.2) is 13.4 Å². The fourth-order valence-electron chi connectivity index (χ4n) is 3.13. The first-order valence-corrected chi connectivity index (χ1v) is 10.9. The van der Waals surface area contributed by atoms with Gasteiger partial charge in [0.2, 0.25) is 15.8 Å². The lowest BCUT2D eigenvalue weighted by Gasteiger charge is -2.34. The molecule has 3 aromatic rings. The van der Waals surface area contributed by atoms with Crippen molar-refractivity contribution in [3.63, 3.8) is 0 Å². The first-order chi connectivity index (χ1) is 13.4. The van der Waals surface area contributed by atoms with Crippen LogP contribution in [0.2, 0.25) is 5.02 Å². The fourth-order valence-corrected chi connectivity index (χ4v) is 4.14. The molecule has 2 aromatic heterocycles. The van der Waals surface area contributed by atoms with Gasteiger partial charge < -0.3 is 9.42 Å². The van der Waals surface area contributed by atoms with Crippen LogP contribution in [0.3, 0.4) is 0 Å². The monoisotopic (exact) mass is 419 g/mol. The Morgan fingerprint density at radius 1 is 1.11 bits per heavy atom. The largest absolute Gasteiger partial charge is 0.353 e. The topological polar surface area (TPSA) is 92.4 Å². The molecule has 0 aliphatic carbocycles. The molecular weight excluding hydrogens is 402 g/mol. The first-order valence-electron chi connectivity index (χ1n) is 8.67. The smallest absolute Gasteiger partial charge is 0.261 e. The summed E-state index contributed by atoms with van der Waals surface area (Å²) >= 11 is 6.04. The van der Waals surface area contributed by atoms with Gasteiger partial charge in [-0.1, -0.05) is 28.9 Å². The molecule has 0 atom stereocenters. The highest BCUT2D eigenvalue weighted by Crippen LogP contribution is 2.30. The molecule has 28 heavy (non-hydrogen) atoms. The molecule has 0 bridgehead atoms. The summed E-state index contributed by atoms with van der Waals surface area (Å²) in [6.07, 6.45) is 2.92. The van der Waals surface area contributed by atoms with Crippen LogP contribution in [0.1, 0.15) is 0 Å². The fraction of sp³-hybridized carbons (Fsp3) is 0.278. The van der Waals surface area contributed by atoms with Gasteiger partial charge in [0.25, 0.3) is 5.89 Å². The van der Waals surface area contributed by atoms with Gasteiger partial charge in [-0.3, -0.25) is 0 Å². The third-order valence-electron chi connectivity index (χ3n) is 4.53. The maximum absolute atomic E-state index is 11.7. The third kappa shape index (κ3) is 3.87. The quantitative estimate of drug-likeness (QED) is 0.641. The van der Waals surface area contributed by atoms with Crippen LogP contribution in [0.15, 0.2) is 47.1 Å². The average molecular weight is 420 g/mol. The Morgan fingerprint density at radius 3 is 2.61 bits per heavy atom. The highest BCUT2D eigenvalue weighted by Gasteiger charge is 2.26. The van der Waals surface area contributed by atoms with E-state index in [9.17, 15) is 8.42 Å². The summed E-state index contributed by atoms with van der Waals surface area (Å²) < 4.78 is 30.4. The second-order valence-electron chi connectivity index (χ2n) is 6.46. The molecule has 4 rings (SSSR count). The van der Waals surface area contributed by atoms with Crippen LogP contribution in [0.4, 0.5) is 5.82 Å². The molecule has 0 spiro atoms. The summed E-state index contributed by atoms with van der Waals surface area (Å²) in [7, 11) is -3.19. The van der Waals surface area contributed by atoms with Crippen molar-refractivity contribution in [1.29, 1.82) is 0 Å². The van der Waals surface area contributed by atoms with Gasteiger partial charge in [-0.05, 0) is 24.3 Å². The lowest BCUT2D eigenvalue weighted by atomic mass is 10.2. The predicted molar refractivity (Wildman–Crippen MR) is 107 cm³/mol.